The molecule has 2 aliphatic rings. The molecular formula is C20H34O3. The highest BCUT2D eigenvalue weighted by atomic mass is 16.3. The molecule has 132 valence electrons. The molecule has 0 aromatic carbocycles. The fourth-order valence-electron chi connectivity index (χ4n) is 5.29. The van der Waals surface area contributed by atoms with Gasteiger partial charge in [-0.25, -0.2) is 0 Å². The van der Waals surface area contributed by atoms with Gasteiger partial charge < -0.3 is 15.3 Å². The first-order valence-corrected chi connectivity index (χ1v) is 8.88. The second-order valence-electron chi connectivity index (χ2n) is 8.90. The molecule has 0 aliphatic heterocycles. The molecule has 23 heavy (non-hydrogen) atoms. The van der Waals surface area contributed by atoms with Gasteiger partial charge in [0.05, 0.1) is 11.7 Å². The van der Waals surface area contributed by atoms with Crippen molar-refractivity contribution in [1.82, 2.24) is 0 Å². The Hall–Kier alpha value is -0.640. The number of hydrogen-bond acceptors (Lipinski definition) is 3. The van der Waals surface area contributed by atoms with E-state index in [9.17, 15) is 15.3 Å². The lowest BCUT2D eigenvalue weighted by molar-refractivity contribution is -0.117. The molecule has 0 amide bonds. The van der Waals surface area contributed by atoms with Crippen LogP contribution in [-0.2, 0) is 0 Å². The summed E-state index contributed by atoms with van der Waals surface area (Å²) in [6.45, 7) is 14.1. The Labute approximate surface area is 141 Å². The van der Waals surface area contributed by atoms with E-state index in [1.807, 2.05) is 6.92 Å². The van der Waals surface area contributed by atoms with E-state index in [0.717, 1.165) is 31.3 Å². The van der Waals surface area contributed by atoms with Gasteiger partial charge in [-0.3, -0.25) is 0 Å². The minimum absolute atomic E-state index is 0.000299. The molecule has 0 bridgehead atoms. The van der Waals surface area contributed by atoms with Crippen LogP contribution in [0.1, 0.15) is 66.7 Å². The van der Waals surface area contributed by atoms with Gasteiger partial charge in [0.25, 0.3) is 0 Å². The Morgan fingerprint density at radius 2 is 1.87 bits per heavy atom. The van der Waals surface area contributed by atoms with Crippen molar-refractivity contribution in [3.8, 4) is 0 Å². The van der Waals surface area contributed by atoms with E-state index in [1.54, 1.807) is 13.0 Å². The second kappa shape index (κ2) is 6.02. The number of aliphatic hydroxyl groups excluding tert-OH is 2. The van der Waals surface area contributed by atoms with E-state index in [0.29, 0.717) is 6.42 Å². The molecule has 2 rings (SSSR count). The summed E-state index contributed by atoms with van der Waals surface area (Å²) in [6.07, 6.45) is 4.65. The minimum Gasteiger partial charge on any atom is -0.390 e. The van der Waals surface area contributed by atoms with Crippen LogP contribution in [-0.4, -0.2) is 33.1 Å². The lowest BCUT2D eigenvalue weighted by Crippen LogP contribution is -2.56. The summed E-state index contributed by atoms with van der Waals surface area (Å²) in [6, 6.07) is 0. The van der Waals surface area contributed by atoms with Gasteiger partial charge in [0, 0.05) is 5.92 Å². The van der Waals surface area contributed by atoms with Crippen molar-refractivity contribution in [1.29, 1.82) is 0 Å². The smallest absolute Gasteiger partial charge is 0.101 e. The molecule has 0 radical (unpaired) electrons. The van der Waals surface area contributed by atoms with Crippen LogP contribution in [0.15, 0.2) is 23.8 Å². The summed E-state index contributed by atoms with van der Waals surface area (Å²) in [5, 5.41) is 31.7. The van der Waals surface area contributed by atoms with Crippen molar-refractivity contribution in [3.63, 3.8) is 0 Å². The molecule has 0 saturated heterocycles. The van der Waals surface area contributed by atoms with Gasteiger partial charge in [0.2, 0.25) is 0 Å². The number of rotatable bonds is 4. The fourth-order valence-corrected chi connectivity index (χ4v) is 5.29. The predicted octanol–water partition coefficient (Wildman–Crippen LogP) is 3.59. The van der Waals surface area contributed by atoms with Crippen molar-refractivity contribution in [3.05, 3.63) is 23.8 Å². The fraction of sp³-hybridized carbons (Fsp3) is 0.800. The van der Waals surface area contributed by atoms with E-state index in [1.165, 1.54) is 5.57 Å². The third-order valence-electron chi connectivity index (χ3n) is 6.64. The molecule has 0 aromatic heterocycles. The first-order chi connectivity index (χ1) is 10.5. The summed E-state index contributed by atoms with van der Waals surface area (Å²) in [7, 11) is 0. The van der Waals surface area contributed by atoms with Crippen molar-refractivity contribution < 1.29 is 15.3 Å². The van der Waals surface area contributed by atoms with E-state index < -0.39 is 17.8 Å². The SMILES string of the molecule is C=C[C@@](C)(O)CCC1=C(C)[C@H](O)[C@@H](O)[C@H]2C(C)(C)CCC[C@]12C. The van der Waals surface area contributed by atoms with Gasteiger partial charge >= 0.3 is 0 Å². The topological polar surface area (TPSA) is 60.7 Å². The standard InChI is InChI=1S/C20H34O3/c1-7-19(5,23)12-9-14-13(2)15(21)16(22)17-18(3,4)10-8-11-20(14,17)6/h7,15-17,21-23H,1,8-12H2,2-6H3/t15-,16+,17-,19+,20+/m0/s1. The quantitative estimate of drug-likeness (QED) is 0.693. The van der Waals surface area contributed by atoms with Crippen LogP contribution in [0.5, 0.6) is 0 Å². The molecule has 1 fully saturated rings. The molecule has 0 heterocycles. The maximum atomic E-state index is 10.8. The molecule has 0 aromatic rings. The van der Waals surface area contributed by atoms with Crippen LogP contribution < -0.4 is 0 Å². The van der Waals surface area contributed by atoms with Gasteiger partial charge in [-0.2, -0.15) is 0 Å². The highest BCUT2D eigenvalue weighted by molar-refractivity contribution is 5.32. The first-order valence-electron chi connectivity index (χ1n) is 8.88. The Morgan fingerprint density at radius 1 is 1.26 bits per heavy atom. The summed E-state index contributed by atoms with van der Waals surface area (Å²) in [5.74, 6) is 0.0473. The Bertz CT molecular complexity index is 503. The zero-order chi connectivity index (χ0) is 17.6. The Morgan fingerprint density at radius 3 is 2.43 bits per heavy atom. The maximum absolute atomic E-state index is 10.8. The van der Waals surface area contributed by atoms with Crippen molar-refractivity contribution in [2.45, 2.75) is 84.5 Å². The molecular weight excluding hydrogens is 288 g/mol. The summed E-state index contributed by atoms with van der Waals surface area (Å²) >= 11 is 0. The molecule has 0 unspecified atom stereocenters. The monoisotopic (exact) mass is 322 g/mol. The number of hydrogen-bond donors (Lipinski definition) is 3. The van der Waals surface area contributed by atoms with Crippen molar-refractivity contribution in [2.24, 2.45) is 16.7 Å². The van der Waals surface area contributed by atoms with Crippen LogP contribution >= 0.6 is 0 Å². The summed E-state index contributed by atoms with van der Waals surface area (Å²) in [5.41, 5.74) is 1.12. The van der Waals surface area contributed by atoms with Crippen LogP contribution in [0.4, 0.5) is 0 Å². The van der Waals surface area contributed by atoms with Crippen LogP contribution in [0.25, 0.3) is 0 Å². The zero-order valence-electron chi connectivity index (χ0n) is 15.4. The summed E-state index contributed by atoms with van der Waals surface area (Å²) < 4.78 is 0. The van der Waals surface area contributed by atoms with Crippen LogP contribution in [0.2, 0.25) is 0 Å². The molecule has 0 spiro atoms. The van der Waals surface area contributed by atoms with E-state index in [-0.39, 0.29) is 16.7 Å². The van der Waals surface area contributed by atoms with Gasteiger partial charge in [-0.1, -0.05) is 38.8 Å². The number of fused-ring (bicyclic) bond motifs is 1. The average molecular weight is 322 g/mol. The zero-order valence-corrected chi connectivity index (χ0v) is 15.4. The van der Waals surface area contributed by atoms with Crippen LogP contribution in [0, 0.1) is 16.7 Å². The van der Waals surface area contributed by atoms with Crippen LogP contribution in [0.3, 0.4) is 0 Å². The van der Waals surface area contributed by atoms with E-state index >= 15 is 0 Å². The highest BCUT2D eigenvalue weighted by Gasteiger charge is 2.56. The molecule has 3 nitrogen and oxygen atoms in total. The lowest BCUT2D eigenvalue weighted by Gasteiger charge is -2.58. The molecule has 5 atom stereocenters. The first kappa shape index (κ1) is 18.7. The molecule has 3 N–H and O–H groups in total. The largest absolute Gasteiger partial charge is 0.390 e. The third kappa shape index (κ3) is 3.16. The van der Waals surface area contributed by atoms with Gasteiger partial charge in [0.1, 0.15) is 6.10 Å². The minimum atomic E-state index is -0.898. The third-order valence-corrected chi connectivity index (χ3v) is 6.64. The van der Waals surface area contributed by atoms with E-state index in [4.69, 9.17) is 0 Å². The predicted molar refractivity (Wildman–Crippen MR) is 94.0 cm³/mol. The Balaban J connectivity index is 2.43. The second-order valence-corrected chi connectivity index (χ2v) is 8.90. The maximum Gasteiger partial charge on any atom is 0.101 e. The van der Waals surface area contributed by atoms with E-state index in [2.05, 4.69) is 27.4 Å². The lowest BCUT2D eigenvalue weighted by atomic mass is 9.48. The van der Waals surface area contributed by atoms with Crippen molar-refractivity contribution in [2.75, 3.05) is 0 Å². The molecule has 3 heteroatoms. The van der Waals surface area contributed by atoms with Gasteiger partial charge in [0.15, 0.2) is 0 Å². The molecule has 1 saturated carbocycles. The summed E-state index contributed by atoms with van der Waals surface area (Å²) in [4.78, 5) is 0. The highest BCUT2D eigenvalue weighted by Crippen LogP contribution is 2.60. The number of allylic oxidation sites excluding steroid dienone is 1. The molecule has 2 aliphatic carbocycles. The van der Waals surface area contributed by atoms with Gasteiger partial charge in [-0.05, 0) is 55.9 Å². The Kier molecular flexibility index (Phi) is 4.89. The van der Waals surface area contributed by atoms with Crippen molar-refractivity contribution >= 4 is 0 Å². The van der Waals surface area contributed by atoms with Gasteiger partial charge in [-0.15, -0.1) is 6.58 Å². The average Bonchev–Trinajstić information content (AvgIpc) is 2.43. The normalized spacial score (nSPS) is 39.6. The number of aliphatic hydroxyl groups is 3.